The zero-order valence-corrected chi connectivity index (χ0v) is 21.0. The van der Waals surface area contributed by atoms with Crippen molar-refractivity contribution in [2.24, 2.45) is 5.92 Å². The number of ether oxygens (including phenoxy) is 1. The Hall–Kier alpha value is -2.80. The Morgan fingerprint density at radius 3 is 2.44 bits per heavy atom. The highest BCUT2D eigenvalue weighted by Crippen LogP contribution is 2.50. The smallest absolute Gasteiger partial charge is 0.236 e. The first-order chi connectivity index (χ1) is 16.3. The molecule has 0 unspecified atom stereocenters. The van der Waals surface area contributed by atoms with Crippen molar-refractivity contribution < 1.29 is 9.53 Å². The van der Waals surface area contributed by atoms with Gasteiger partial charge in [0, 0.05) is 27.0 Å². The number of carbonyl (C=O) groups is 1. The lowest BCUT2D eigenvalue weighted by Crippen LogP contribution is -2.72. The van der Waals surface area contributed by atoms with Crippen LogP contribution in [0.5, 0.6) is 5.75 Å². The number of carbonyl (C=O) groups excluding carboxylic acids is 1. The summed E-state index contributed by atoms with van der Waals surface area (Å²) in [6.07, 6.45) is 0.930. The van der Waals surface area contributed by atoms with E-state index in [1.165, 1.54) is 5.56 Å². The van der Waals surface area contributed by atoms with Gasteiger partial charge in [0.1, 0.15) is 11.7 Å². The van der Waals surface area contributed by atoms with Gasteiger partial charge in [0.15, 0.2) is 10.8 Å². The van der Waals surface area contributed by atoms with Gasteiger partial charge in [-0.05, 0) is 85.7 Å². The number of anilines is 2. The van der Waals surface area contributed by atoms with Crippen LogP contribution < -0.4 is 20.3 Å². The van der Waals surface area contributed by atoms with Crippen molar-refractivity contribution >= 4 is 57.8 Å². The molecule has 34 heavy (non-hydrogen) atoms. The van der Waals surface area contributed by atoms with Crippen molar-refractivity contribution in [1.29, 1.82) is 0 Å². The van der Waals surface area contributed by atoms with Crippen molar-refractivity contribution in [1.82, 2.24) is 5.32 Å². The number of rotatable bonds is 4. The molecule has 5 nitrogen and oxygen atoms in total. The van der Waals surface area contributed by atoms with Gasteiger partial charge in [0.05, 0.1) is 6.04 Å². The molecule has 2 aliphatic rings. The van der Waals surface area contributed by atoms with E-state index in [0.29, 0.717) is 26.6 Å². The maximum atomic E-state index is 13.8. The van der Waals surface area contributed by atoms with Crippen molar-refractivity contribution in [2.45, 2.75) is 32.0 Å². The monoisotopic (exact) mass is 511 g/mol. The fourth-order valence-corrected chi connectivity index (χ4v) is 5.50. The number of halogens is 2. The number of nitrogens with zero attached hydrogens (tertiary/aromatic N) is 1. The molecule has 3 atom stereocenters. The van der Waals surface area contributed by atoms with E-state index in [1.807, 2.05) is 36.1 Å². The molecule has 2 heterocycles. The van der Waals surface area contributed by atoms with Gasteiger partial charge in [-0.3, -0.25) is 9.69 Å². The summed E-state index contributed by atoms with van der Waals surface area (Å²) in [4.78, 5) is 15.7. The number of thiocarbonyl (C=S) groups is 1. The SMILES string of the molecule is CCc1ccc(N2C(=S)N[C@H]3c4cc(Cl)ccc4O[C@@]2(C)[C@@H]3C(=O)Nc2ccc(Cl)cc2)cc1. The number of amides is 1. The van der Waals surface area contributed by atoms with E-state index in [-0.39, 0.29) is 5.91 Å². The number of hydrogen-bond donors (Lipinski definition) is 2. The summed E-state index contributed by atoms with van der Waals surface area (Å²) in [6.45, 7) is 4.02. The quantitative estimate of drug-likeness (QED) is 0.399. The maximum Gasteiger partial charge on any atom is 0.236 e. The van der Waals surface area contributed by atoms with E-state index in [0.717, 1.165) is 17.7 Å². The second-order valence-electron chi connectivity index (χ2n) is 8.60. The Labute approximate surface area is 214 Å². The zero-order chi connectivity index (χ0) is 24.0. The molecule has 0 aromatic heterocycles. The minimum atomic E-state index is -1.09. The first kappa shape index (κ1) is 23.0. The van der Waals surface area contributed by atoms with Gasteiger partial charge in [0.2, 0.25) is 5.91 Å². The number of aryl methyl sites for hydroxylation is 1. The van der Waals surface area contributed by atoms with Crippen LogP contribution in [0.1, 0.15) is 31.0 Å². The minimum absolute atomic E-state index is 0.203. The normalized spacial score (nSPS) is 22.9. The van der Waals surface area contributed by atoms with Gasteiger partial charge in [-0.2, -0.15) is 0 Å². The van der Waals surface area contributed by atoms with Crippen LogP contribution in [0.4, 0.5) is 11.4 Å². The fourth-order valence-electron chi connectivity index (χ4n) is 4.78. The van der Waals surface area contributed by atoms with Crippen LogP contribution in [0.25, 0.3) is 0 Å². The average Bonchev–Trinajstić information content (AvgIpc) is 2.81. The molecule has 0 aliphatic carbocycles. The first-order valence-corrected chi connectivity index (χ1v) is 12.2. The Kier molecular flexibility index (Phi) is 5.92. The number of nitrogens with one attached hydrogen (secondary N) is 2. The van der Waals surface area contributed by atoms with Crippen LogP contribution in [-0.2, 0) is 11.2 Å². The molecular formula is C26H23Cl2N3O2S. The van der Waals surface area contributed by atoms with E-state index in [9.17, 15) is 4.79 Å². The second kappa shape index (κ2) is 8.77. The molecule has 3 aromatic carbocycles. The van der Waals surface area contributed by atoms with Gasteiger partial charge >= 0.3 is 0 Å². The summed E-state index contributed by atoms with van der Waals surface area (Å²) < 4.78 is 6.59. The van der Waals surface area contributed by atoms with Crippen LogP contribution in [-0.4, -0.2) is 16.7 Å². The molecule has 2 aliphatic heterocycles. The molecule has 2 N–H and O–H groups in total. The third-order valence-electron chi connectivity index (χ3n) is 6.46. The van der Waals surface area contributed by atoms with Crippen molar-refractivity contribution in [3.8, 4) is 5.75 Å². The van der Waals surface area contributed by atoms with E-state index >= 15 is 0 Å². The Balaban J connectivity index is 1.60. The molecule has 2 bridgehead atoms. The lowest BCUT2D eigenvalue weighted by Gasteiger charge is -2.56. The van der Waals surface area contributed by atoms with E-state index < -0.39 is 17.7 Å². The standard InChI is InChI=1S/C26H23Cl2N3O2S/c1-3-15-4-11-19(12-5-15)31-25(34)30-23-20-14-17(28)8-13-21(20)33-26(31,2)22(23)24(32)29-18-9-6-16(27)7-10-18/h4-14,22-23H,3H2,1-2H3,(H,29,32)(H,30,34)/t22-,23-,26-/m0/s1. The molecule has 8 heteroatoms. The highest BCUT2D eigenvalue weighted by molar-refractivity contribution is 7.80. The van der Waals surface area contributed by atoms with E-state index in [4.69, 9.17) is 40.2 Å². The van der Waals surface area contributed by atoms with Gasteiger partial charge in [-0.25, -0.2) is 0 Å². The van der Waals surface area contributed by atoms with Gasteiger partial charge in [-0.1, -0.05) is 42.3 Å². The molecule has 174 valence electrons. The molecule has 0 spiro atoms. The lowest BCUT2D eigenvalue weighted by atomic mass is 9.78. The summed E-state index contributed by atoms with van der Waals surface area (Å²) in [7, 11) is 0. The number of fused-ring (bicyclic) bond motifs is 4. The lowest BCUT2D eigenvalue weighted by molar-refractivity contribution is -0.130. The minimum Gasteiger partial charge on any atom is -0.467 e. The predicted octanol–water partition coefficient (Wildman–Crippen LogP) is 6.36. The topological polar surface area (TPSA) is 53.6 Å². The number of hydrogen-bond acceptors (Lipinski definition) is 3. The van der Waals surface area contributed by atoms with Crippen molar-refractivity contribution in [3.63, 3.8) is 0 Å². The molecule has 0 radical (unpaired) electrons. The number of benzene rings is 3. The third kappa shape index (κ3) is 3.90. The first-order valence-electron chi connectivity index (χ1n) is 11.0. The van der Waals surface area contributed by atoms with Crippen LogP contribution >= 0.6 is 35.4 Å². The molecule has 1 saturated heterocycles. The van der Waals surface area contributed by atoms with Gasteiger partial charge < -0.3 is 15.4 Å². The third-order valence-corrected chi connectivity index (χ3v) is 7.24. The van der Waals surface area contributed by atoms with Gasteiger partial charge in [0.25, 0.3) is 0 Å². The second-order valence-corrected chi connectivity index (χ2v) is 9.85. The molecular weight excluding hydrogens is 489 g/mol. The van der Waals surface area contributed by atoms with Gasteiger partial charge in [-0.15, -0.1) is 0 Å². The Bertz CT molecular complexity index is 1270. The summed E-state index contributed by atoms with van der Waals surface area (Å²) in [6, 6.07) is 20.2. The van der Waals surface area contributed by atoms with Crippen LogP contribution in [0.15, 0.2) is 66.7 Å². The Morgan fingerprint density at radius 2 is 1.76 bits per heavy atom. The highest BCUT2D eigenvalue weighted by atomic mass is 35.5. The maximum absolute atomic E-state index is 13.8. The van der Waals surface area contributed by atoms with Crippen LogP contribution in [0, 0.1) is 5.92 Å². The van der Waals surface area contributed by atoms with Crippen LogP contribution in [0.3, 0.4) is 0 Å². The molecule has 0 saturated carbocycles. The van der Waals surface area contributed by atoms with Crippen molar-refractivity contribution in [3.05, 3.63) is 87.9 Å². The summed E-state index contributed by atoms with van der Waals surface area (Å²) in [5.41, 5.74) is 2.42. The zero-order valence-electron chi connectivity index (χ0n) is 18.6. The highest BCUT2D eigenvalue weighted by Gasteiger charge is 2.59. The largest absolute Gasteiger partial charge is 0.467 e. The van der Waals surface area contributed by atoms with E-state index in [2.05, 4.69) is 29.7 Å². The molecule has 1 amide bonds. The van der Waals surface area contributed by atoms with Crippen molar-refractivity contribution in [2.75, 3.05) is 10.2 Å². The van der Waals surface area contributed by atoms with E-state index in [1.54, 1.807) is 30.3 Å². The Morgan fingerprint density at radius 1 is 1.09 bits per heavy atom. The molecule has 1 fully saturated rings. The summed E-state index contributed by atoms with van der Waals surface area (Å²) >= 11 is 18.1. The predicted molar refractivity (Wildman–Crippen MR) is 141 cm³/mol. The molecule has 5 rings (SSSR count). The van der Waals surface area contributed by atoms with Crippen LogP contribution in [0.2, 0.25) is 10.0 Å². The fraction of sp³-hybridized carbons (Fsp3) is 0.231. The summed E-state index contributed by atoms with van der Waals surface area (Å²) in [5.74, 6) is -0.185. The average molecular weight is 512 g/mol. The molecule has 3 aromatic rings. The summed E-state index contributed by atoms with van der Waals surface area (Å²) in [5, 5.41) is 8.06.